The summed E-state index contributed by atoms with van der Waals surface area (Å²) in [5, 5.41) is 11.8. The molecule has 1 heterocycles. The van der Waals surface area contributed by atoms with E-state index in [1.165, 1.54) is 0 Å². The standard InChI is InChI=1S/C21H29N6O2/c1-4-26(14-15-29-20(28)17-8-6-5-7-9-17)19-12-10-18(11-13-19)23-24-21-22-16-27(2,3)25-21/h5-13,21-22,25H,4,14-16H2,1-3H3/q+1. The largest absolute Gasteiger partial charge is 0.460 e. The number of carbonyl (C=O) groups is 1. The van der Waals surface area contributed by atoms with Crippen molar-refractivity contribution in [2.45, 2.75) is 13.2 Å². The van der Waals surface area contributed by atoms with E-state index in [2.05, 4.69) is 46.9 Å². The van der Waals surface area contributed by atoms with Gasteiger partial charge in [-0.3, -0.25) is 0 Å². The number of hydrogen-bond donors (Lipinski definition) is 2. The Kier molecular flexibility index (Phi) is 6.92. The van der Waals surface area contributed by atoms with E-state index in [-0.39, 0.29) is 12.3 Å². The second kappa shape index (κ2) is 9.60. The smallest absolute Gasteiger partial charge is 0.338 e. The lowest BCUT2D eigenvalue weighted by Gasteiger charge is -2.23. The van der Waals surface area contributed by atoms with Crippen LogP contribution in [0.4, 0.5) is 11.4 Å². The maximum Gasteiger partial charge on any atom is 0.338 e. The summed E-state index contributed by atoms with van der Waals surface area (Å²) in [4.78, 5) is 14.2. The van der Waals surface area contributed by atoms with Crippen molar-refractivity contribution >= 4 is 17.3 Å². The molecular formula is C21H29N6O2+. The fourth-order valence-corrected chi connectivity index (χ4v) is 3.03. The van der Waals surface area contributed by atoms with Crippen molar-refractivity contribution in [2.75, 3.05) is 45.4 Å². The first kappa shape index (κ1) is 20.9. The molecule has 29 heavy (non-hydrogen) atoms. The van der Waals surface area contributed by atoms with Crippen LogP contribution in [-0.2, 0) is 4.74 Å². The minimum absolute atomic E-state index is 0.184. The minimum Gasteiger partial charge on any atom is -0.460 e. The highest BCUT2D eigenvalue weighted by Gasteiger charge is 2.29. The van der Waals surface area contributed by atoms with Gasteiger partial charge < -0.3 is 9.64 Å². The van der Waals surface area contributed by atoms with Gasteiger partial charge in [0.25, 0.3) is 0 Å². The van der Waals surface area contributed by atoms with Gasteiger partial charge in [0.05, 0.1) is 31.9 Å². The minimum atomic E-state index is -0.298. The molecule has 0 saturated carbocycles. The van der Waals surface area contributed by atoms with Gasteiger partial charge in [0, 0.05) is 12.2 Å². The van der Waals surface area contributed by atoms with E-state index < -0.39 is 0 Å². The molecule has 8 heteroatoms. The van der Waals surface area contributed by atoms with Crippen molar-refractivity contribution in [3.05, 3.63) is 60.2 Å². The molecule has 0 amide bonds. The molecule has 1 aliphatic rings. The zero-order chi connectivity index (χ0) is 20.7. The Hall–Kier alpha value is -2.81. The second-order valence-corrected chi connectivity index (χ2v) is 7.39. The quantitative estimate of drug-likeness (QED) is 0.407. The number of benzene rings is 2. The summed E-state index contributed by atoms with van der Waals surface area (Å²) in [7, 11) is 4.13. The van der Waals surface area contributed by atoms with Gasteiger partial charge in [-0.15, -0.1) is 10.5 Å². The third-order valence-corrected chi connectivity index (χ3v) is 4.64. The molecule has 0 radical (unpaired) electrons. The second-order valence-electron chi connectivity index (χ2n) is 7.39. The van der Waals surface area contributed by atoms with E-state index in [1.54, 1.807) is 12.1 Å². The average molecular weight is 398 g/mol. The van der Waals surface area contributed by atoms with Crippen LogP contribution in [0.5, 0.6) is 0 Å². The fourth-order valence-electron chi connectivity index (χ4n) is 3.03. The van der Waals surface area contributed by atoms with Crippen LogP contribution >= 0.6 is 0 Å². The number of ether oxygens (including phenoxy) is 1. The first-order chi connectivity index (χ1) is 14.0. The Morgan fingerprint density at radius 1 is 1.17 bits per heavy atom. The Morgan fingerprint density at radius 2 is 1.90 bits per heavy atom. The van der Waals surface area contributed by atoms with Crippen molar-refractivity contribution in [2.24, 2.45) is 10.2 Å². The zero-order valence-corrected chi connectivity index (χ0v) is 17.2. The Balaban J connectivity index is 1.50. The van der Waals surface area contributed by atoms with Crippen molar-refractivity contribution in [3.8, 4) is 0 Å². The van der Waals surface area contributed by atoms with E-state index in [1.807, 2.05) is 42.5 Å². The summed E-state index contributed by atoms with van der Waals surface area (Å²) in [6, 6.07) is 16.9. The zero-order valence-electron chi connectivity index (χ0n) is 17.2. The van der Waals surface area contributed by atoms with E-state index in [4.69, 9.17) is 4.74 Å². The average Bonchev–Trinajstić information content (AvgIpc) is 3.09. The Morgan fingerprint density at radius 3 is 2.52 bits per heavy atom. The van der Waals surface area contributed by atoms with Gasteiger partial charge in [-0.2, -0.15) is 5.11 Å². The molecule has 1 fully saturated rings. The summed E-state index contributed by atoms with van der Waals surface area (Å²) < 4.78 is 6.04. The summed E-state index contributed by atoms with van der Waals surface area (Å²) in [6.45, 7) is 4.63. The molecule has 0 spiro atoms. The Bertz CT molecular complexity index is 823. The first-order valence-electron chi connectivity index (χ1n) is 9.79. The SMILES string of the molecule is CCN(CCOC(=O)c1ccccc1)c1ccc(N=NC2NC[N+](C)(C)N2)cc1. The topological polar surface area (TPSA) is 78.3 Å². The van der Waals surface area contributed by atoms with Gasteiger partial charge in [0.2, 0.25) is 6.29 Å². The van der Waals surface area contributed by atoms with E-state index in [9.17, 15) is 4.79 Å². The fraction of sp³-hybridized carbons (Fsp3) is 0.381. The molecule has 0 aromatic heterocycles. The number of carbonyl (C=O) groups excluding carboxylic acids is 1. The van der Waals surface area contributed by atoms with E-state index in [0.29, 0.717) is 23.3 Å². The number of nitrogens with zero attached hydrogens (tertiary/aromatic N) is 4. The Labute approximate surface area is 171 Å². The van der Waals surface area contributed by atoms with Gasteiger partial charge in [-0.05, 0) is 43.3 Å². The van der Waals surface area contributed by atoms with Crippen LogP contribution in [0.15, 0.2) is 64.8 Å². The highest BCUT2D eigenvalue weighted by Crippen LogP contribution is 2.20. The van der Waals surface area contributed by atoms with Gasteiger partial charge >= 0.3 is 5.97 Å². The molecule has 1 saturated heterocycles. The van der Waals surface area contributed by atoms with E-state index in [0.717, 1.165) is 24.6 Å². The third kappa shape index (κ3) is 6.08. The number of quaternary nitrogens is 1. The molecule has 1 aliphatic heterocycles. The number of rotatable bonds is 8. The molecule has 2 N–H and O–H groups in total. The predicted octanol–water partition coefficient (Wildman–Crippen LogP) is 2.88. The third-order valence-electron chi connectivity index (χ3n) is 4.64. The molecule has 1 unspecified atom stereocenters. The monoisotopic (exact) mass is 397 g/mol. The van der Waals surface area contributed by atoms with Crippen LogP contribution in [0.3, 0.4) is 0 Å². The van der Waals surface area contributed by atoms with Gasteiger partial charge in [-0.25, -0.2) is 14.7 Å². The molecule has 1 atom stereocenters. The molecule has 3 rings (SSSR count). The lowest BCUT2D eigenvalue weighted by molar-refractivity contribution is -0.923. The van der Waals surface area contributed by atoms with E-state index >= 15 is 0 Å². The number of azo groups is 1. The highest BCUT2D eigenvalue weighted by molar-refractivity contribution is 5.89. The van der Waals surface area contributed by atoms with Crippen LogP contribution in [0.25, 0.3) is 0 Å². The van der Waals surface area contributed by atoms with Crippen molar-refractivity contribution in [1.82, 2.24) is 10.7 Å². The van der Waals surface area contributed by atoms with Gasteiger partial charge in [-0.1, -0.05) is 18.2 Å². The highest BCUT2D eigenvalue weighted by atomic mass is 16.5. The summed E-state index contributed by atoms with van der Waals surface area (Å²) >= 11 is 0. The lowest BCUT2D eigenvalue weighted by Crippen LogP contribution is -2.47. The maximum absolute atomic E-state index is 12.0. The molecule has 0 bridgehead atoms. The number of esters is 1. The molecule has 2 aromatic rings. The van der Waals surface area contributed by atoms with Crippen molar-refractivity contribution in [1.29, 1.82) is 0 Å². The summed E-state index contributed by atoms with van der Waals surface area (Å²) in [5.74, 6) is -0.298. The van der Waals surface area contributed by atoms with Crippen LogP contribution < -0.4 is 15.6 Å². The summed E-state index contributed by atoms with van der Waals surface area (Å²) in [6.07, 6.45) is -0.184. The molecule has 0 aliphatic carbocycles. The first-order valence-corrected chi connectivity index (χ1v) is 9.79. The van der Waals surface area contributed by atoms with Crippen LogP contribution in [0.2, 0.25) is 0 Å². The normalized spacial score (nSPS) is 18.1. The van der Waals surface area contributed by atoms with Gasteiger partial charge in [0.15, 0.2) is 6.67 Å². The number of hydrogen-bond acceptors (Lipinski definition) is 7. The van der Waals surface area contributed by atoms with Crippen LogP contribution in [0.1, 0.15) is 17.3 Å². The summed E-state index contributed by atoms with van der Waals surface area (Å²) in [5.41, 5.74) is 5.71. The lowest BCUT2D eigenvalue weighted by atomic mass is 10.2. The molecular weight excluding hydrogens is 368 g/mol. The number of likely N-dealkylation sites (N-methyl/N-ethyl adjacent to an activating group) is 1. The van der Waals surface area contributed by atoms with Gasteiger partial charge in [0.1, 0.15) is 6.61 Å². The number of anilines is 1. The predicted molar refractivity (Wildman–Crippen MR) is 113 cm³/mol. The van der Waals surface area contributed by atoms with Crippen LogP contribution in [-0.4, -0.2) is 57.3 Å². The maximum atomic E-state index is 12.0. The van der Waals surface area contributed by atoms with Crippen molar-refractivity contribution < 1.29 is 14.1 Å². The molecule has 154 valence electrons. The molecule has 8 nitrogen and oxygen atoms in total. The van der Waals surface area contributed by atoms with Crippen LogP contribution in [0, 0.1) is 0 Å². The number of nitrogens with one attached hydrogen (secondary N) is 2. The molecule has 2 aromatic carbocycles. The van der Waals surface area contributed by atoms with Crippen molar-refractivity contribution in [3.63, 3.8) is 0 Å².